The number of fused-ring (bicyclic) bond motifs is 2. The third-order valence-electron chi connectivity index (χ3n) is 4.74. The monoisotopic (exact) mass is 331 g/mol. The van der Waals surface area contributed by atoms with Crippen molar-refractivity contribution in [1.29, 1.82) is 0 Å². The number of ether oxygens (including phenoxy) is 1. The molecule has 25 heavy (non-hydrogen) atoms. The number of methoxy groups -OCH3 is 1. The van der Waals surface area contributed by atoms with E-state index < -0.39 is 0 Å². The molecule has 0 aromatic heterocycles. The van der Waals surface area contributed by atoms with Gasteiger partial charge < -0.3 is 15.8 Å². The summed E-state index contributed by atoms with van der Waals surface area (Å²) in [6.45, 7) is 0.904. The fourth-order valence-electron chi connectivity index (χ4n) is 3.50. The van der Waals surface area contributed by atoms with Crippen molar-refractivity contribution in [3.8, 4) is 5.75 Å². The number of nitrogens with zero attached hydrogens (tertiary/aromatic N) is 1. The Hall–Kier alpha value is -2.85. The van der Waals surface area contributed by atoms with Crippen molar-refractivity contribution in [2.45, 2.75) is 12.5 Å². The van der Waals surface area contributed by atoms with Crippen LogP contribution in [0.25, 0.3) is 10.8 Å². The maximum absolute atomic E-state index is 6.41. The topological polar surface area (TPSA) is 59.6 Å². The molecule has 0 aliphatic carbocycles. The number of rotatable bonds is 3. The molecule has 3 aromatic rings. The van der Waals surface area contributed by atoms with Crippen LogP contribution >= 0.6 is 0 Å². The lowest BCUT2D eigenvalue weighted by molar-refractivity contribution is 0.420. The van der Waals surface area contributed by atoms with Gasteiger partial charge in [0.25, 0.3) is 0 Å². The second-order valence-corrected chi connectivity index (χ2v) is 6.21. The van der Waals surface area contributed by atoms with E-state index in [0.29, 0.717) is 5.84 Å². The number of amidine groups is 1. The minimum absolute atomic E-state index is 0.0502. The first kappa shape index (κ1) is 15.7. The summed E-state index contributed by atoms with van der Waals surface area (Å²) in [6.07, 6.45) is 1.02. The number of hydrogen-bond donors (Lipinski definition) is 2. The van der Waals surface area contributed by atoms with Crippen LogP contribution in [0.15, 0.2) is 65.7 Å². The van der Waals surface area contributed by atoms with Crippen LogP contribution < -0.4 is 15.8 Å². The molecule has 126 valence electrons. The highest BCUT2D eigenvalue weighted by molar-refractivity contribution is 6.00. The Morgan fingerprint density at radius 2 is 1.80 bits per heavy atom. The summed E-state index contributed by atoms with van der Waals surface area (Å²) in [6, 6.07) is 20.4. The molecular weight excluding hydrogens is 310 g/mol. The number of benzene rings is 3. The van der Waals surface area contributed by atoms with Gasteiger partial charge in [-0.2, -0.15) is 0 Å². The van der Waals surface area contributed by atoms with Gasteiger partial charge in [-0.15, -0.1) is 0 Å². The SMILES string of the molecule is COc1ccc(N=C(N)C2NCCc3ccccc32)c2ccccc12. The van der Waals surface area contributed by atoms with Crippen LogP contribution in [0.2, 0.25) is 0 Å². The Morgan fingerprint density at radius 3 is 2.64 bits per heavy atom. The molecule has 1 aliphatic heterocycles. The standard InChI is InChI=1S/C21H21N3O/c1-25-19-11-10-18(16-8-4-5-9-17(16)19)24-21(22)20-15-7-3-2-6-14(15)12-13-23-20/h2-11,20,23H,12-13H2,1H3,(H2,22,24). The van der Waals surface area contributed by atoms with Gasteiger partial charge in [-0.25, -0.2) is 4.99 Å². The summed E-state index contributed by atoms with van der Waals surface area (Å²) < 4.78 is 5.46. The van der Waals surface area contributed by atoms with Crippen LogP contribution in [0, 0.1) is 0 Å². The van der Waals surface area contributed by atoms with E-state index in [0.717, 1.165) is 35.2 Å². The first-order chi connectivity index (χ1) is 12.3. The molecule has 0 saturated carbocycles. The molecular formula is C21H21N3O. The van der Waals surface area contributed by atoms with Crippen molar-refractivity contribution in [3.63, 3.8) is 0 Å². The highest BCUT2D eigenvalue weighted by Gasteiger charge is 2.22. The highest BCUT2D eigenvalue weighted by Crippen LogP contribution is 2.34. The molecule has 1 unspecified atom stereocenters. The average molecular weight is 331 g/mol. The number of nitrogens with one attached hydrogen (secondary N) is 1. The number of aliphatic imine (C=N–C) groups is 1. The van der Waals surface area contributed by atoms with Crippen molar-refractivity contribution in [1.82, 2.24) is 5.32 Å². The van der Waals surface area contributed by atoms with Gasteiger partial charge in [-0.3, -0.25) is 0 Å². The largest absolute Gasteiger partial charge is 0.496 e. The number of hydrogen-bond acceptors (Lipinski definition) is 3. The van der Waals surface area contributed by atoms with Crippen LogP contribution in [-0.4, -0.2) is 19.5 Å². The minimum Gasteiger partial charge on any atom is -0.496 e. The van der Waals surface area contributed by atoms with Crippen molar-refractivity contribution in [2.75, 3.05) is 13.7 Å². The molecule has 4 rings (SSSR count). The van der Waals surface area contributed by atoms with Crippen LogP contribution in [0.1, 0.15) is 17.2 Å². The third kappa shape index (κ3) is 2.85. The Kier molecular flexibility index (Phi) is 4.12. The van der Waals surface area contributed by atoms with E-state index in [9.17, 15) is 0 Å². The summed E-state index contributed by atoms with van der Waals surface area (Å²) in [7, 11) is 1.68. The normalized spacial score (nSPS) is 17.3. The van der Waals surface area contributed by atoms with Gasteiger partial charge in [0, 0.05) is 17.3 Å². The van der Waals surface area contributed by atoms with Crippen molar-refractivity contribution >= 4 is 22.3 Å². The lowest BCUT2D eigenvalue weighted by atomic mass is 9.94. The van der Waals surface area contributed by atoms with Crippen LogP contribution in [0.3, 0.4) is 0 Å². The van der Waals surface area contributed by atoms with Gasteiger partial charge in [0.2, 0.25) is 0 Å². The van der Waals surface area contributed by atoms with Gasteiger partial charge in [0.1, 0.15) is 11.6 Å². The molecule has 4 nitrogen and oxygen atoms in total. The second-order valence-electron chi connectivity index (χ2n) is 6.21. The quantitative estimate of drug-likeness (QED) is 0.568. The predicted octanol–water partition coefficient (Wildman–Crippen LogP) is 3.72. The van der Waals surface area contributed by atoms with Crippen LogP contribution in [-0.2, 0) is 6.42 Å². The predicted molar refractivity (Wildman–Crippen MR) is 103 cm³/mol. The van der Waals surface area contributed by atoms with Gasteiger partial charge in [0.15, 0.2) is 0 Å². The lowest BCUT2D eigenvalue weighted by Gasteiger charge is -2.26. The van der Waals surface area contributed by atoms with Gasteiger partial charge in [-0.05, 0) is 29.7 Å². The van der Waals surface area contributed by atoms with Crippen LogP contribution in [0.4, 0.5) is 5.69 Å². The molecule has 0 amide bonds. The Labute approximate surface area is 147 Å². The highest BCUT2D eigenvalue weighted by atomic mass is 16.5. The molecule has 0 saturated heterocycles. The van der Waals surface area contributed by atoms with E-state index in [1.165, 1.54) is 11.1 Å². The van der Waals surface area contributed by atoms with E-state index >= 15 is 0 Å². The Balaban J connectivity index is 1.78. The van der Waals surface area contributed by atoms with E-state index in [-0.39, 0.29) is 6.04 Å². The third-order valence-corrected chi connectivity index (χ3v) is 4.74. The molecule has 3 aromatic carbocycles. The molecule has 1 atom stereocenters. The van der Waals surface area contributed by atoms with Crippen molar-refractivity contribution < 1.29 is 4.74 Å². The fraction of sp³-hybridized carbons (Fsp3) is 0.190. The fourth-order valence-corrected chi connectivity index (χ4v) is 3.50. The molecule has 4 heteroatoms. The van der Waals surface area contributed by atoms with Gasteiger partial charge in [-0.1, -0.05) is 48.5 Å². The number of nitrogens with two attached hydrogens (primary N) is 1. The molecule has 0 spiro atoms. The Bertz CT molecular complexity index is 949. The molecule has 1 heterocycles. The zero-order valence-corrected chi connectivity index (χ0v) is 14.2. The zero-order valence-electron chi connectivity index (χ0n) is 14.2. The maximum atomic E-state index is 6.41. The minimum atomic E-state index is -0.0502. The molecule has 0 bridgehead atoms. The smallest absolute Gasteiger partial charge is 0.126 e. The van der Waals surface area contributed by atoms with Crippen molar-refractivity contribution in [2.24, 2.45) is 10.7 Å². The first-order valence-corrected chi connectivity index (χ1v) is 8.49. The van der Waals surface area contributed by atoms with Gasteiger partial charge in [0.05, 0.1) is 18.8 Å². The van der Waals surface area contributed by atoms with Crippen LogP contribution in [0.5, 0.6) is 5.75 Å². The average Bonchev–Trinajstić information content (AvgIpc) is 2.67. The summed E-state index contributed by atoms with van der Waals surface area (Å²) in [4.78, 5) is 4.76. The van der Waals surface area contributed by atoms with E-state index in [1.54, 1.807) is 7.11 Å². The zero-order chi connectivity index (χ0) is 17.2. The second kappa shape index (κ2) is 6.57. The molecule has 1 aliphatic rings. The Morgan fingerprint density at radius 1 is 1.04 bits per heavy atom. The van der Waals surface area contributed by atoms with E-state index in [1.807, 2.05) is 36.4 Å². The van der Waals surface area contributed by atoms with E-state index in [2.05, 4.69) is 29.6 Å². The maximum Gasteiger partial charge on any atom is 0.126 e. The summed E-state index contributed by atoms with van der Waals surface area (Å²) in [5.74, 6) is 1.43. The summed E-state index contributed by atoms with van der Waals surface area (Å²) in [5, 5.41) is 5.56. The van der Waals surface area contributed by atoms with Gasteiger partial charge >= 0.3 is 0 Å². The lowest BCUT2D eigenvalue weighted by Crippen LogP contribution is -2.38. The van der Waals surface area contributed by atoms with E-state index in [4.69, 9.17) is 15.5 Å². The molecule has 0 radical (unpaired) electrons. The summed E-state index contributed by atoms with van der Waals surface area (Å²) in [5.41, 5.74) is 9.83. The van der Waals surface area contributed by atoms with Crippen molar-refractivity contribution in [3.05, 3.63) is 71.8 Å². The first-order valence-electron chi connectivity index (χ1n) is 8.49. The summed E-state index contributed by atoms with van der Waals surface area (Å²) >= 11 is 0. The molecule has 0 fully saturated rings. The molecule has 3 N–H and O–H groups in total.